The van der Waals surface area contributed by atoms with Gasteiger partial charge in [-0.05, 0) is 41.3 Å². The lowest BCUT2D eigenvalue weighted by Gasteiger charge is -2.40. The van der Waals surface area contributed by atoms with E-state index < -0.39 is 37.1 Å². The van der Waals surface area contributed by atoms with E-state index in [0.29, 0.717) is 34.5 Å². The zero-order valence-corrected chi connectivity index (χ0v) is 19.0. The average molecular weight is 489 g/mol. The van der Waals surface area contributed by atoms with Crippen LogP contribution >= 0.6 is 11.6 Å². The molecule has 0 saturated carbocycles. The van der Waals surface area contributed by atoms with Gasteiger partial charge in [0, 0.05) is 5.02 Å². The van der Waals surface area contributed by atoms with E-state index in [1.165, 1.54) is 13.4 Å². The first kappa shape index (κ1) is 24.3. The zero-order valence-electron chi connectivity index (χ0n) is 18.3. The number of nitrogens with zero attached hydrogens (tertiary/aromatic N) is 2. The highest BCUT2D eigenvalue weighted by Crippen LogP contribution is 2.34. The molecule has 34 heavy (non-hydrogen) atoms. The second kappa shape index (κ2) is 10.6. The highest BCUT2D eigenvalue weighted by atomic mass is 35.5. The van der Waals surface area contributed by atoms with Crippen LogP contribution in [0.25, 0.3) is 0 Å². The van der Waals surface area contributed by atoms with Gasteiger partial charge in [-0.25, -0.2) is 9.97 Å². The number of benzene rings is 2. The van der Waals surface area contributed by atoms with Crippen LogP contribution in [0.3, 0.4) is 0 Å². The maximum Gasteiger partial charge on any atom is 0.226 e. The predicted octanol–water partition coefficient (Wildman–Crippen LogP) is 2.04. The van der Waals surface area contributed by atoms with Crippen LogP contribution < -0.4 is 9.47 Å². The third kappa shape index (κ3) is 5.30. The van der Waals surface area contributed by atoms with E-state index in [1.54, 1.807) is 36.4 Å². The SMILES string of the molecule is COc1cc(Oc2ccc(Cc3cc(C4OC(CO)[C@@H](O)[C@H](O)[C@H]4O)ccc3Cl)cc2)ncn1. The smallest absolute Gasteiger partial charge is 0.226 e. The number of rotatable bonds is 7. The Kier molecular flexibility index (Phi) is 7.62. The fourth-order valence-corrected chi connectivity index (χ4v) is 3.97. The molecular weight excluding hydrogens is 464 g/mol. The molecule has 1 saturated heterocycles. The molecule has 1 aromatic heterocycles. The standard InChI is InChI=1S/C24H25ClN2O7/c1-32-19-10-20(27-12-26-19)33-16-5-2-13(3-6-16)8-15-9-14(4-7-17(15)25)24-23(31)22(30)21(29)18(11-28)34-24/h2-7,9-10,12,18,21-24,28-31H,8,11H2,1H3/t18?,21-,22+,23-,24?/m1/s1. The van der Waals surface area contributed by atoms with E-state index in [2.05, 4.69) is 9.97 Å². The molecule has 0 radical (unpaired) electrons. The first-order chi connectivity index (χ1) is 16.4. The van der Waals surface area contributed by atoms with E-state index in [9.17, 15) is 20.4 Å². The molecule has 5 atom stereocenters. The van der Waals surface area contributed by atoms with Crippen LogP contribution in [-0.2, 0) is 11.2 Å². The van der Waals surface area contributed by atoms with E-state index in [0.717, 1.165) is 11.1 Å². The summed E-state index contributed by atoms with van der Waals surface area (Å²) in [5, 5.41) is 40.5. The lowest BCUT2D eigenvalue weighted by molar-refractivity contribution is -0.231. The molecule has 10 heteroatoms. The molecule has 0 bridgehead atoms. The number of aliphatic hydroxyl groups excluding tert-OH is 4. The van der Waals surface area contributed by atoms with Gasteiger partial charge in [-0.15, -0.1) is 0 Å². The Labute approximate surface area is 201 Å². The quantitative estimate of drug-likeness (QED) is 0.394. The highest BCUT2D eigenvalue weighted by Gasteiger charge is 2.44. The molecule has 180 valence electrons. The van der Waals surface area contributed by atoms with Crippen molar-refractivity contribution < 1.29 is 34.6 Å². The van der Waals surface area contributed by atoms with Gasteiger partial charge in [0.1, 0.15) is 42.6 Å². The van der Waals surface area contributed by atoms with Gasteiger partial charge in [0.05, 0.1) is 19.8 Å². The summed E-state index contributed by atoms with van der Waals surface area (Å²) in [5.74, 6) is 1.34. The summed E-state index contributed by atoms with van der Waals surface area (Å²) in [6.45, 7) is -0.488. The molecule has 3 aromatic rings. The lowest BCUT2D eigenvalue weighted by Crippen LogP contribution is -2.55. The molecule has 2 aromatic carbocycles. The fourth-order valence-electron chi connectivity index (χ4n) is 3.79. The summed E-state index contributed by atoms with van der Waals surface area (Å²) in [6.07, 6.45) is -4.27. The van der Waals surface area contributed by atoms with Crippen LogP contribution in [0.2, 0.25) is 5.02 Å². The molecule has 0 spiro atoms. The van der Waals surface area contributed by atoms with Crippen molar-refractivity contribution in [3.8, 4) is 17.5 Å². The van der Waals surface area contributed by atoms with Crippen LogP contribution in [0.4, 0.5) is 0 Å². The summed E-state index contributed by atoms with van der Waals surface area (Å²) >= 11 is 6.41. The molecule has 9 nitrogen and oxygen atoms in total. The van der Waals surface area contributed by atoms with Crippen molar-refractivity contribution in [2.24, 2.45) is 0 Å². The molecule has 1 aliphatic rings. The molecule has 0 amide bonds. The van der Waals surface area contributed by atoms with Crippen LogP contribution in [0.5, 0.6) is 17.5 Å². The van der Waals surface area contributed by atoms with Crippen molar-refractivity contribution in [3.63, 3.8) is 0 Å². The Morgan fingerprint density at radius 3 is 2.38 bits per heavy atom. The lowest BCUT2D eigenvalue weighted by atomic mass is 9.90. The maximum atomic E-state index is 10.4. The Hall–Kier alpha value is -2.79. The van der Waals surface area contributed by atoms with Gasteiger partial charge in [0.15, 0.2) is 0 Å². The summed E-state index contributed by atoms with van der Waals surface area (Å²) in [7, 11) is 1.51. The van der Waals surface area contributed by atoms with E-state index in [1.807, 2.05) is 12.1 Å². The minimum atomic E-state index is -1.45. The Balaban J connectivity index is 1.49. The second-order valence-corrected chi connectivity index (χ2v) is 8.33. The molecule has 4 N–H and O–H groups in total. The van der Waals surface area contributed by atoms with Gasteiger partial charge in [-0.1, -0.05) is 35.9 Å². The van der Waals surface area contributed by atoms with Crippen molar-refractivity contribution in [3.05, 3.63) is 76.6 Å². The number of halogens is 1. The first-order valence-electron chi connectivity index (χ1n) is 10.6. The molecule has 4 rings (SSSR count). The summed E-state index contributed by atoms with van der Waals surface area (Å²) < 4.78 is 16.5. The van der Waals surface area contributed by atoms with E-state index >= 15 is 0 Å². The van der Waals surface area contributed by atoms with Crippen molar-refractivity contribution in [2.75, 3.05) is 13.7 Å². The monoisotopic (exact) mass is 488 g/mol. The van der Waals surface area contributed by atoms with Gasteiger partial charge in [0.2, 0.25) is 11.8 Å². The Bertz CT molecular complexity index is 1110. The molecule has 2 heterocycles. The summed E-state index contributed by atoms with van der Waals surface area (Å²) in [5.41, 5.74) is 2.32. The number of hydrogen-bond donors (Lipinski definition) is 4. The van der Waals surface area contributed by atoms with E-state index in [4.69, 9.17) is 25.8 Å². The first-order valence-corrected chi connectivity index (χ1v) is 11.0. The Morgan fingerprint density at radius 2 is 1.68 bits per heavy atom. The highest BCUT2D eigenvalue weighted by molar-refractivity contribution is 6.31. The third-order valence-electron chi connectivity index (χ3n) is 5.66. The van der Waals surface area contributed by atoms with E-state index in [-0.39, 0.29) is 0 Å². The number of hydrogen-bond acceptors (Lipinski definition) is 9. The summed E-state index contributed by atoms with van der Waals surface area (Å²) in [6, 6.07) is 14.1. The van der Waals surface area contributed by atoms with Crippen molar-refractivity contribution in [1.82, 2.24) is 9.97 Å². The van der Waals surface area contributed by atoms with Crippen LogP contribution in [0.1, 0.15) is 22.8 Å². The number of aromatic nitrogens is 2. The normalized spacial score (nSPS) is 24.6. The summed E-state index contributed by atoms with van der Waals surface area (Å²) in [4.78, 5) is 8.00. The van der Waals surface area contributed by atoms with Crippen molar-refractivity contribution >= 4 is 11.6 Å². The molecule has 1 aliphatic heterocycles. The molecule has 0 aliphatic carbocycles. The topological polar surface area (TPSA) is 134 Å². The average Bonchev–Trinajstić information content (AvgIpc) is 2.85. The third-order valence-corrected chi connectivity index (χ3v) is 6.03. The van der Waals surface area contributed by atoms with Crippen molar-refractivity contribution in [2.45, 2.75) is 36.9 Å². The van der Waals surface area contributed by atoms with Crippen LogP contribution in [-0.4, -0.2) is 68.5 Å². The minimum Gasteiger partial charge on any atom is -0.481 e. The number of aliphatic hydroxyl groups is 4. The van der Waals surface area contributed by atoms with Crippen molar-refractivity contribution in [1.29, 1.82) is 0 Å². The number of methoxy groups -OCH3 is 1. The van der Waals surface area contributed by atoms with Crippen LogP contribution in [0.15, 0.2) is 54.9 Å². The minimum absolute atomic E-state index is 0.356. The van der Waals surface area contributed by atoms with Crippen LogP contribution in [0, 0.1) is 0 Å². The molecule has 1 fully saturated rings. The number of ether oxygens (including phenoxy) is 3. The zero-order chi connectivity index (χ0) is 24.2. The van der Waals surface area contributed by atoms with Gasteiger partial charge in [-0.3, -0.25) is 0 Å². The van der Waals surface area contributed by atoms with Gasteiger partial charge < -0.3 is 34.6 Å². The second-order valence-electron chi connectivity index (χ2n) is 7.92. The fraction of sp³-hybridized carbons (Fsp3) is 0.333. The predicted molar refractivity (Wildman–Crippen MR) is 122 cm³/mol. The molecule has 2 unspecified atom stereocenters. The maximum absolute atomic E-state index is 10.4. The van der Waals surface area contributed by atoms with Gasteiger partial charge >= 0.3 is 0 Å². The van der Waals surface area contributed by atoms with Gasteiger partial charge in [0.25, 0.3) is 0 Å². The Morgan fingerprint density at radius 1 is 0.941 bits per heavy atom. The van der Waals surface area contributed by atoms with Gasteiger partial charge in [-0.2, -0.15) is 0 Å². The largest absolute Gasteiger partial charge is 0.481 e. The molecular formula is C24H25ClN2O7.